The van der Waals surface area contributed by atoms with Gasteiger partial charge in [-0.05, 0) is 73.2 Å². The van der Waals surface area contributed by atoms with Crippen molar-refractivity contribution in [2.24, 2.45) is 5.92 Å². The molecule has 1 atom stereocenters. The summed E-state index contributed by atoms with van der Waals surface area (Å²) in [5, 5.41) is 0.466. The van der Waals surface area contributed by atoms with Gasteiger partial charge in [0.15, 0.2) is 5.78 Å². The van der Waals surface area contributed by atoms with Crippen LogP contribution in [0.5, 0.6) is 0 Å². The molecule has 25 heavy (non-hydrogen) atoms. The van der Waals surface area contributed by atoms with Crippen LogP contribution in [-0.2, 0) is 22.9 Å². The number of rotatable bonds is 5. The van der Waals surface area contributed by atoms with E-state index in [1.54, 1.807) is 6.07 Å². The molecule has 4 nitrogen and oxygen atoms in total. The number of nitrogens with one attached hydrogen (secondary N) is 1. The molecule has 1 unspecified atom stereocenters. The number of hydrogen-bond acceptors (Lipinski definition) is 3. The standard InChI is InChI=1S/C18H17ClFNO3S/c1-11(22)17-8-13-6-12(7-14(13)9-18(17)20)10-21-25(23,24)16-4-2-15(19)3-5-16/h2-5,8-9,12,21H,6-7,10H2,1H3. The van der Waals surface area contributed by atoms with Gasteiger partial charge in [0.05, 0.1) is 10.5 Å². The van der Waals surface area contributed by atoms with E-state index in [0.29, 0.717) is 17.9 Å². The van der Waals surface area contributed by atoms with Gasteiger partial charge < -0.3 is 0 Å². The molecule has 0 fully saturated rings. The molecule has 0 spiro atoms. The molecule has 0 heterocycles. The quantitative estimate of drug-likeness (QED) is 0.807. The van der Waals surface area contributed by atoms with E-state index in [0.717, 1.165) is 11.1 Å². The van der Waals surface area contributed by atoms with E-state index in [-0.39, 0.29) is 28.7 Å². The fraction of sp³-hybridized carbons (Fsp3) is 0.278. The molecule has 1 N–H and O–H groups in total. The van der Waals surface area contributed by atoms with Crippen LogP contribution in [0.15, 0.2) is 41.3 Å². The Hall–Kier alpha value is -1.76. The third-order valence-electron chi connectivity index (χ3n) is 4.37. The largest absolute Gasteiger partial charge is 0.294 e. The molecule has 0 amide bonds. The van der Waals surface area contributed by atoms with Crippen molar-refractivity contribution in [3.05, 3.63) is 63.9 Å². The lowest BCUT2D eigenvalue weighted by molar-refractivity contribution is 0.101. The second kappa shape index (κ2) is 6.86. The van der Waals surface area contributed by atoms with Crippen LogP contribution < -0.4 is 4.72 Å². The molecule has 0 radical (unpaired) electrons. The summed E-state index contributed by atoms with van der Waals surface area (Å²) in [6.45, 7) is 1.58. The molecule has 2 aromatic rings. The third kappa shape index (κ3) is 3.92. The summed E-state index contributed by atoms with van der Waals surface area (Å²) < 4.78 is 41.1. The van der Waals surface area contributed by atoms with E-state index >= 15 is 0 Å². The first-order valence-electron chi connectivity index (χ1n) is 7.84. The Balaban J connectivity index is 1.69. The number of carbonyl (C=O) groups is 1. The van der Waals surface area contributed by atoms with E-state index in [1.165, 1.54) is 37.3 Å². The average Bonchev–Trinajstić information content (AvgIpc) is 2.94. The molecular formula is C18H17ClFNO3S. The Bertz CT molecular complexity index is 926. The number of fused-ring (bicyclic) bond motifs is 1. The summed E-state index contributed by atoms with van der Waals surface area (Å²) in [6, 6.07) is 8.91. The highest BCUT2D eigenvalue weighted by molar-refractivity contribution is 7.89. The van der Waals surface area contributed by atoms with Gasteiger partial charge >= 0.3 is 0 Å². The fourth-order valence-electron chi connectivity index (χ4n) is 3.07. The average molecular weight is 382 g/mol. The van der Waals surface area contributed by atoms with Gasteiger partial charge in [-0.15, -0.1) is 0 Å². The van der Waals surface area contributed by atoms with Crippen molar-refractivity contribution in [3.8, 4) is 0 Å². The van der Waals surface area contributed by atoms with Gasteiger partial charge in [-0.1, -0.05) is 11.6 Å². The number of halogens is 2. The summed E-state index contributed by atoms with van der Waals surface area (Å²) in [5.41, 5.74) is 1.82. The topological polar surface area (TPSA) is 63.2 Å². The van der Waals surface area contributed by atoms with Crippen LogP contribution in [0.4, 0.5) is 4.39 Å². The van der Waals surface area contributed by atoms with Crippen LogP contribution in [0.3, 0.4) is 0 Å². The van der Waals surface area contributed by atoms with Gasteiger partial charge in [0.1, 0.15) is 5.82 Å². The van der Waals surface area contributed by atoms with E-state index in [2.05, 4.69) is 4.72 Å². The summed E-state index contributed by atoms with van der Waals surface area (Å²) in [4.78, 5) is 11.6. The van der Waals surface area contributed by atoms with Crippen molar-refractivity contribution >= 4 is 27.4 Å². The Morgan fingerprint density at radius 3 is 2.40 bits per heavy atom. The van der Waals surface area contributed by atoms with Gasteiger partial charge in [-0.3, -0.25) is 4.79 Å². The molecule has 0 saturated heterocycles. The van der Waals surface area contributed by atoms with Crippen molar-refractivity contribution in [3.63, 3.8) is 0 Å². The Morgan fingerprint density at radius 2 is 1.80 bits per heavy atom. The van der Waals surface area contributed by atoms with Gasteiger partial charge in [0, 0.05) is 11.6 Å². The Kier molecular flexibility index (Phi) is 4.95. The fourth-order valence-corrected chi connectivity index (χ4v) is 4.31. The van der Waals surface area contributed by atoms with Crippen LogP contribution >= 0.6 is 11.6 Å². The number of Topliss-reactive ketones (excluding diaryl/α,β-unsaturated/α-hetero) is 1. The second-order valence-electron chi connectivity index (χ2n) is 6.24. The van der Waals surface area contributed by atoms with Gasteiger partial charge in [-0.2, -0.15) is 0 Å². The van der Waals surface area contributed by atoms with Crippen LogP contribution in [-0.4, -0.2) is 20.7 Å². The van der Waals surface area contributed by atoms with Crippen LogP contribution in [0.1, 0.15) is 28.4 Å². The zero-order valence-electron chi connectivity index (χ0n) is 13.6. The Labute approximate surface area is 151 Å². The van der Waals surface area contributed by atoms with Crippen molar-refractivity contribution in [2.75, 3.05) is 6.54 Å². The molecule has 3 rings (SSSR count). The molecule has 1 aliphatic carbocycles. The highest BCUT2D eigenvalue weighted by Gasteiger charge is 2.26. The molecule has 2 aromatic carbocycles. The minimum atomic E-state index is -3.62. The maximum Gasteiger partial charge on any atom is 0.240 e. The number of ketones is 1. The van der Waals surface area contributed by atoms with Gasteiger partial charge in [0.25, 0.3) is 0 Å². The Morgan fingerprint density at radius 1 is 1.20 bits per heavy atom. The molecule has 132 valence electrons. The number of benzene rings is 2. The van der Waals surface area contributed by atoms with Crippen molar-refractivity contribution in [1.82, 2.24) is 4.72 Å². The molecule has 0 aliphatic heterocycles. The molecule has 1 aliphatic rings. The zero-order valence-corrected chi connectivity index (χ0v) is 15.1. The van der Waals surface area contributed by atoms with Crippen molar-refractivity contribution < 1.29 is 17.6 Å². The molecule has 7 heteroatoms. The lowest BCUT2D eigenvalue weighted by atomic mass is 10.0. The SMILES string of the molecule is CC(=O)c1cc2c(cc1F)CC(CNS(=O)(=O)c1ccc(Cl)cc1)C2. The predicted octanol–water partition coefficient (Wildman–Crippen LogP) is 3.38. The minimum absolute atomic E-state index is 0.0266. The molecule has 0 bridgehead atoms. The monoisotopic (exact) mass is 381 g/mol. The van der Waals surface area contributed by atoms with Crippen LogP contribution in [0.2, 0.25) is 5.02 Å². The smallest absolute Gasteiger partial charge is 0.240 e. The second-order valence-corrected chi connectivity index (χ2v) is 8.44. The number of carbonyl (C=O) groups excluding carboxylic acids is 1. The minimum Gasteiger partial charge on any atom is -0.294 e. The normalized spacial score (nSPS) is 16.7. The summed E-state index contributed by atoms with van der Waals surface area (Å²) in [5.74, 6) is -0.806. The first kappa shape index (κ1) is 18.0. The molecular weight excluding hydrogens is 365 g/mol. The van der Waals surface area contributed by atoms with E-state index in [9.17, 15) is 17.6 Å². The highest BCUT2D eigenvalue weighted by atomic mass is 35.5. The first-order chi connectivity index (χ1) is 11.8. The third-order valence-corrected chi connectivity index (χ3v) is 6.06. The summed E-state index contributed by atoms with van der Waals surface area (Å²) in [6.07, 6.45) is 1.19. The van der Waals surface area contributed by atoms with E-state index in [1.807, 2.05) is 0 Å². The lowest BCUT2D eigenvalue weighted by Crippen LogP contribution is -2.29. The molecule has 0 aromatic heterocycles. The zero-order chi connectivity index (χ0) is 18.2. The first-order valence-corrected chi connectivity index (χ1v) is 9.70. The molecule has 0 saturated carbocycles. The van der Waals surface area contributed by atoms with Crippen LogP contribution in [0, 0.1) is 11.7 Å². The van der Waals surface area contributed by atoms with Crippen LogP contribution in [0.25, 0.3) is 0 Å². The van der Waals surface area contributed by atoms with Crippen molar-refractivity contribution in [2.45, 2.75) is 24.7 Å². The number of sulfonamides is 1. The maximum atomic E-state index is 13.9. The van der Waals surface area contributed by atoms with E-state index in [4.69, 9.17) is 11.6 Å². The van der Waals surface area contributed by atoms with E-state index < -0.39 is 15.8 Å². The number of hydrogen-bond donors (Lipinski definition) is 1. The lowest BCUT2D eigenvalue weighted by Gasteiger charge is -2.11. The maximum absolute atomic E-state index is 13.9. The predicted molar refractivity (Wildman–Crippen MR) is 93.9 cm³/mol. The highest BCUT2D eigenvalue weighted by Crippen LogP contribution is 2.29. The van der Waals surface area contributed by atoms with Gasteiger partial charge in [-0.25, -0.2) is 17.5 Å². The summed E-state index contributed by atoms with van der Waals surface area (Å²) in [7, 11) is -3.62. The van der Waals surface area contributed by atoms with Crippen molar-refractivity contribution in [1.29, 1.82) is 0 Å². The summed E-state index contributed by atoms with van der Waals surface area (Å²) >= 11 is 5.77. The van der Waals surface area contributed by atoms with Gasteiger partial charge in [0.2, 0.25) is 10.0 Å².